The van der Waals surface area contributed by atoms with Crippen LogP contribution in [0.5, 0.6) is 0 Å². The molecule has 1 fully saturated rings. The van der Waals surface area contributed by atoms with E-state index in [2.05, 4.69) is 10.3 Å². The molecule has 2 aromatic rings. The van der Waals surface area contributed by atoms with Gasteiger partial charge in [0.1, 0.15) is 11.6 Å². The zero-order chi connectivity index (χ0) is 14.6. The first-order chi connectivity index (χ1) is 10.1. The van der Waals surface area contributed by atoms with Gasteiger partial charge in [-0.05, 0) is 12.8 Å². The lowest BCUT2D eigenvalue weighted by Crippen LogP contribution is -2.25. The molecule has 1 aliphatic heterocycles. The molecule has 0 saturated heterocycles. The van der Waals surface area contributed by atoms with E-state index in [-0.39, 0.29) is 5.69 Å². The lowest BCUT2D eigenvalue weighted by Gasteiger charge is -2.17. The summed E-state index contributed by atoms with van der Waals surface area (Å²) in [5.41, 5.74) is 1.85. The Morgan fingerprint density at radius 3 is 2.62 bits per heavy atom. The summed E-state index contributed by atoms with van der Waals surface area (Å²) < 4.78 is 42.6. The number of imidazole rings is 1. The highest BCUT2D eigenvalue weighted by atomic mass is 19.2. The third kappa shape index (κ3) is 2.05. The first kappa shape index (κ1) is 12.9. The number of nitrogens with one attached hydrogen (secondary N) is 1. The minimum Gasteiger partial charge on any atom is -0.311 e. The summed E-state index contributed by atoms with van der Waals surface area (Å²) in [6, 6.07) is 1.54. The third-order valence-corrected chi connectivity index (χ3v) is 4.09. The number of benzene rings is 1. The Bertz CT molecular complexity index is 719. The van der Waals surface area contributed by atoms with E-state index < -0.39 is 17.5 Å². The van der Waals surface area contributed by atoms with E-state index in [1.54, 1.807) is 4.57 Å². The van der Waals surface area contributed by atoms with Crippen LogP contribution in [0.25, 0.3) is 5.69 Å². The van der Waals surface area contributed by atoms with Crippen molar-refractivity contribution in [2.24, 2.45) is 0 Å². The van der Waals surface area contributed by atoms with Gasteiger partial charge in [-0.25, -0.2) is 18.2 Å². The molecule has 1 aliphatic carbocycles. The van der Waals surface area contributed by atoms with Gasteiger partial charge in [0, 0.05) is 43.3 Å². The number of hydrogen-bond donors (Lipinski definition) is 1. The molecule has 0 bridgehead atoms. The van der Waals surface area contributed by atoms with Crippen molar-refractivity contribution >= 4 is 0 Å². The Balaban J connectivity index is 1.95. The molecule has 0 radical (unpaired) electrons. The van der Waals surface area contributed by atoms with Crippen LogP contribution in [0, 0.1) is 17.5 Å². The average Bonchev–Trinajstić information content (AvgIpc) is 3.24. The van der Waals surface area contributed by atoms with Gasteiger partial charge < -0.3 is 5.32 Å². The normalized spacial score (nSPS) is 17.9. The summed E-state index contributed by atoms with van der Waals surface area (Å²) in [4.78, 5) is 4.60. The Morgan fingerprint density at radius 2 is 1.86 bits per heavy atom. The molecule has 21 heavy (non-hydrogen) atoms. The number of aromatic nitrogens is 2. The standard InChI is InChI=1S/C15H14F3N3/c16-9-5-11(18)14(6-10(9)17)21-13-3-4-19-7-12(13)20-15(21)8-1-2-8/h5-6,8,19H,1-4,7H2. The molecule has 0 unspecified atom stereocenters. The van der Waals surface area contributed by atoms with Crippen LogP contribution >= 0.6 is 0 Å². The molecule has 0 amide bonds. The fourth-order valence-electron chi connectivity index (χ4n) is 2.90. The van der Waals surface area contributed by atoms with Gasteiger partial charge in [-0.2, -0.15) is 0 Å². The van der Waals surface area contributed by atoms with Gasteiger partial charge in [0.25, 0.3) is 0 Å². The predicted octanol–water partition coefficient (Wildman–Crippen LogP) is 2.81. The second-order valence-electron chi connectivity index (χ2n) is 5.62. The van der Waals surface area contributed by atoms with E-state index in [1.165, 1.54) is 0 Å². The van der Waals surface area contributed by atoms with Crippen molar-refractivity contribution in [3.05, 3.63) is 46.8 Å². The summed E-state index contributed by atoms with van der Waals surface area (Å²) in [7, 11) is 0. The van der Waals surface area contributed by atoms with Crippen LogP contribution in [0.4, 0.5) is 13.2 Å². The molecule has 110 valence electrons. The zero-order valence-corrected chi connectivity index (χ0v) is 11.3. The topological polar surface area (TPSA) is 29.9 Å². The van der Waals surface area contributed by atoms with Crippen molar-refractivity contribution in [3.8, 4) is 5.69 Å². The Hall–Kier alpha value is -1.82. The smallest absolute Gasteiger partial charge is 0.161 e. The first-order valence-corrected chi connectivity index (χ1v) is 7.11. The van der Waals surface area contributed by atoms with Gasteiger partial charge in [-0.1, -0.05) is 0 Å². The van der Waals surface area contributed by atoms with Crippen LogP contribution in [-0.4, -0.2) is 16.1 Å². The number of hydrogen-bond acceptors (Lipinski definition) is 2. The van der Waals surface area contributed by atoms with E-state index in [4.69, 9.17) is 0 Å². The molecule has 2 heterocycles. The van der Waals surface area contributed by atoms with Gasteiger partial charge in [0.15, 0.2) is 11.6 Å². The maximum atomic E-state index is 14.2. The molecular weight excluding hydrogens is 279 g/mol. The lowest BCUT2D eigenvalue weighted by atomic mass is 10.1. The molecule has 2 aliphatic rings. The van der Waals surface area contributed by atoms with Crippen LogP contribution in [-0.2, 0) is 13.0 Å². The van der Waals surface area contributed by atoms with E-state index in [1.807, 2.05) is 0 Å². The summed E-state index contributed by atoms with van der Waals surface area (Å²) in [5.74, 6) is -1.89. The van der Waals surface area contributed by atoms with Gasteiger partial charge in [0.05, 0.1) is 11.4 Å². The quantitative estimate of drug-likeness (QED) is 0.863. The van der Waals surface area contributed by atoms with E-state index in [0.29, 0.717) is 24.9 Å². The fourth-order valence-corrected chi connectivity index (χ4v) is 2.90. The highest BCUT2D eigenvalue weighted by molar-refractivity contribution is 5.42. The van der Waals surface area contributed by atoms with Crippen molar-refractivity contribution in [1.82, 2.24) is 14.9 Å². The predicted molar refractivity (Wildman–Crippen MR) is 70.8 cm³/mol. The molecule has 1 N–H and O–H groups in total. The number of halogens is 3. The molecular formula is C15H14F3N3. The van der Waals surface area contributed by atoms with E-state index in [9.17, 15) is 13.2 Å². The van der Waals surface area contributed by atoms with Gasteiger partial charge in [-0.15, -0.1) is 0 Å². The number of nitrogens with zero attached hydrogens (tertiary/aromatic N) is 2. The summed E-state index contributed by atoms with van der Waals surface area (Å²) in [6.07, 6.45) is 2.72. The first-order valence-electron chi connectivity index (χ1n) is 7.11. The van der Waals surface area contributed by atoms with Crippen molar-refractivity contribution in [2.75, 3.05) is 6.54 Å². The molecule has 0 spiro atoms. The largest absolute Gasteiger partial charge is 0.311 e. The van der Waals surface area contributed by atoms with Crippen LogP contribution < -0.4 is 5.32 Å². The van der Waals surface area contributed by atoms with Crippen molar-refractivity contribution < 1.29 is 13.2 Å². The maximum Gasteiger partial charge on any atom is 0.161 e. The highest BCUT2D eigenvalue weighted by Gasteiger charge is 2.33. The van der Waals surface area contributed by atoms with E-state index in [0.717, 1.165) is 42.7 Å². The third-order valence-electron chi connectivity index (χ3n) is 4.09. The van der Waals surface area contributed by atoms with Crippen LogP contribution in [0.1, 0.15) is 36.0 Å². The molecule has 1 aromatic carbocycles. The molecule has 1 aromatic heterocycles. The highest BCUT2D eigenvalue weighted by Crippen LogP contribution is 2.42. The van der Waals surface area contributed by atoms with Gasteiger partial charge in [-0.3, -0.25) is 4.57 Å². The SMILES string of the molecule is Fc1cc(F)c(-n2c(C3CC3)nc3c2CCNC3)cc1F. The lowest BCUT2D eigenvalue weighted by molar-refractivity contribution is 0.491. The Morgan fingerprint density at radius 1 is 1.10 bits per heavy atom. The van der Waals surface area contributed by atoms with Crippen molar-refractivity contribution in [2.45, 2.75) is 31.7 Å². The molecule has 0 atom stereocenters. The van der Waals surface area contributed by atoms with Gasteiger partial charge in [0.2, 0.25) is 0 Å². The number of fused-ring (bicyclic) bond motifs is 1. The molecule has 3 nitrogen and oxygen atoms in total. The zero-order valence-electron chi connectivity index (χ0n) is 11.3. The van der Waals surface area contributed by atoms with Crippen LogP contribution in [0.3, 0.4) is 0 Å². The monoisotopic (exact) mass is 293 g/mol. The summed E-state index contributed by atoms with van der Waals surface area (Å²) >= 11 is 0. The molecule has 4 rings (SSSR count). The Kier molecular flexibility index (Phi) is 2.82. The average molecular weight is 293 g/mol. The van der Waals surface area contributed by atoms with Crippen LogP contribution in [0.2, 0.25) is 0 Å². The minimum atomic E-state index is -1.17. The second-order valence-corrected chi connectivity index (χ2v) is 5.62. The Labute approximate surface area is 119 Å². The maximum absolute atomic E-state index is 14.2. The number of rotatable bonds is 2. The summed E-state index contributed by atoms with van der Waals surface area (Å²) in [6.45, 7) is 1.40. The van der Waals surface area contributed by atoms with Crippen molar-refractivity contribution in [3.63, 3.8) is 0 Å². The van der Waals surface area contributed by atoms with E-state index >= 15 is 0 Å². The van der Waals surface area contributed by atoms with Gasteiger partial charge >= 0.3 is 0 Å². The second kappa shape index (κ2) is 4.59. The molecule has 1 saturated carbocycles. The van der Waals surface area contributed by atoms with Crippen molar-refractivity contribution in [1.29, 1.82) is 0 Å². The molecule has 6 heteroatoms. The minimum absolute atomic E-state index is 0.0615. The van der Waals surface area contributed by atoms with Crippen LogP contribution in [0.15, 0.2) is 12.1 Å². The fraction of sp³-hybridized carbons (Fsp3) is 0.400. The summed E-state index contributed by atoms with van der Waals surface area (Å²) in [5, 5.41) is 3.22.